The standard InChI is InChI=1S/C18H25ClN8O3/c1-2-3-6-18(7-4-10(5-8-18)30-9-11(20)28)27-17(23)26-16(29)12-14(21)25-15(22)13(19)24-12/h4-5,7H,2-3,6,8-9H2,1H3,(H2,20,28)(H4,21,22,25)(H3,23,26,27,29). The number of nitrogens with two attached hydrogens (primary N) is 4. The Hall–Kier alpha value is -3.34. The summed E-state index contributed by atoms with van der Waals surface area (Å²) in [6.07, 6.45) is 8.29. The molecule has 9 N–H and O–H groups in total. The van der Waals surface area contributed by atoms with Gasteiger partial charge in [0.25, 0.3) is 11.8 Å². The Labute approximate surface area is 178 Å². The van der Waals surface area contributed by atoms with Crippen LogP contribution in [0.25, 0.3) is 0 Å². The molecule has 2 amide bonds. The van der Waals surface area contributed by atoms with Crippen molar-refractivity contribution >= 4 is 41.0 Å². The molecule has 2 rings (SSSR count). The van der Waals surface area contributed by atoms with Crippen molar-refractivity contribution in [2.24, 2.45) is 16.5 Å². The number of aliphatic imine (C=N–C) groups is 1. The lowest BCUT2D eigenvalue weighted by molar-refractivity contribution is -0.121. The van der Waals surface area contributed by atoms with Crippen LogP contribution in [-0.2, 0) is 9.53 Å². The molecule has 1 atom stereocenters. The smallest absolute Gasteiger partial charge is 0.280 e. The molecular weight excluding hydrogens is 412 g/mol. The molecule has 1 heterocycles. The summed E-state index contributed by atoms with van der Waals surface area (Å²) in [6.45, 7) is 1.84. The van der Waals surface area contributed by atoms with Gasteiger partial charge in [0.05, 0.1) is 5.54 Å². The molecule has 0 bridgehead atoms. The van der Waals surface area contributed by atoms with Crippen LogP contribution in [0.15, 0.2) is 29.0 Å². The normalized spacial score (nSPS) is 18.6. The van der Waals surface area contributed by atoms with Gasteiger partial charge in [-0.3, -0.25) is 14.9 Å². The van der Waals surface area contributed by atoms with Gasteiger partial charge in [-0.05, 0) is 25.0 Å². The number of carbonyl (C=O) groups excluding carboxylic acids is 2. The van der Waals surface area contributed by atoms with Crippen LogP contribution >= 0.6 is 11.6 Å². The van der Waals surface area contributed by atoms with Crippen LogP contribution in [0.3, 0.4) is 0 Å². The van der Waals surface area contributed by atoms with E-state index in [2.05, 4.69) is 27.2 Å². The Bertz CT molecular complexity index is 915. The quantitative estimate of drug-likeness (QED) is 0.288. The van der Waals surface area contributed by atoms with E-state index in [0.29, 0.717) is 18.6 Å². The van der Waals surface area contributed by atoms with Gasteiger partial charge in [-0.25, -0.2) is 15.0 Å². The number of unbranched alkanes of at least 4 members (excludes halogenated alkanes) is 1. The third kappa shape index (κ3) is 6.08. The fourth-order valence-corrected chi connectivity index (χ4v) is 2.90. The molecule has 0 aliphatic heterocycles. The maximum atomic E-state index is 12.5. The predicted octanol–water partition coefficient (Wildman–Crippen LogP) is 0.614. The number of nitrogens with one attached hydrogen (secondary N) is 1. The topological polar surface area (TPSA) is 198 Å². The van der Waals surface area contributed by atoms with Gasteiger partial charge in [-0.15, -0.1) is 0 Å². The number of allylic oxidation sites excluding steroid dienone is 1. The summed E-state index contributed by atoms with van der Waals surface area (Å²) in [5.74, 6) is -1.15. The summed E-state index contributed by atoms with van der Waals surface area (Å²) in [7, 11) is 0. The predicted molar refractivity (Wildman–Crippen MR) is 114 cm³/mol. The number of halogens is 1. The van der Waals surface area contributed by atoms with Crippen molar-refractivity contribution in [3.05, 3.63) is 34.8 Å². The second-order valence-corrected chi connectivity index (χ2v) is 7.05. The zero-order valence-corrected chi connectivity index (χ0v) is 17.3. The molecule has 0 fully saturated rings. The fourth-order valence-electron chi connectivity index (χ4n) is 2.77. The minimum absolute atomic E-state index is 0.0839. The number of nitrogen functional groups attached to an aromatic ring is 2. The maximum absolute atomic E-state index is 12.5. The first-order chi connectivity index (χ1) is 14.2. The number of hydrogen-bond acceptors (Lipinski definition) is 8. The zero-order valence-electron chi connectivity index (χ0n) is 16.5. The van der Waals surface area contributed by atoms with E-state index in [-0.39, 0.29) is 35.0 Å². The molecule has 30 heavy (non-hydrogen) atoms. The van der Waals surface area contributed by atoms with Crippen molar-refractivity contribution in [3.63, 3.8) is 0 Å². The van der Waals surface area contributed by atoms with Crippen molar-refractivity contribution in [1.29, 1.82) is 0 Å². The number of guanidine groups is 1. The molecule has 0 saturated heterocycles. The Morgan fingerprint density at radius 2 is 2.03 bits per heavy atom. The van der Waals surface area contributed by atoms with Gasteiger partial charge in [0.1, 0.15) is 5.76 Å². The van der Waals surface area contributed by atoms with Gasteiger partial charge in [0.2, 0.25) is 0 Å². The molecule has 0 spiro atoms. The molecule has 11 nitrogen and oxygen atoms in total. The largest absolute Gasteiger partial charge is 0.484 e. The van der Waals surface area contributed by atoms with Gasteiger partial charge in [-0.2, -0.15) is 0 Å². The van der Waals surface area contributed by atoms with Gasteiger partial charge >= 0.3 is 0 Å². The number of carbonyl (C=O) groups is 2. The van der Waals surface area contributed by atoms with E-state index in [9.17, 15) is 9.59 Å². The van der Waals surface area contributed by atoms with Gasteiger partial charge in [0.15, 0.2) is 35.0 Å². The lowest BCUT2D eigenvalue weighted by atomic mass is 9.86. The van der Waals surface area contributed by atoms with E-state index in [1.165, 1.54) is 0 Å². The summed E-state index contributed by atoms with van der Waals surface area (Å²) < 4.78 is 5.30. The monoisotopic (exact) mass is 436 g/mol. The number of nitrogens with zero attached hydrogens (tertiary/aromatic N) is 3. The lowest BCUT2D eigenvalue weighted by Gasteiger charge is -2.29. The molecule has 1 aromatic heterocycles. The number of ether oxygens (including phenoxy) is 1. The van der Waals surface area contributed by atoms with Crippen LogP contribution in [0.1, 0.15) is 43.1 Å². The highest BCUT2D eigenvalue weighted by Crippen LogP contribution is 2.31. The van der Waals surface area contributed by atoms with Crippen LogP contribution in [-0.4, -0.2) is 39.9 Å². The second kappa shape index (κ2) is 9.92. The van der Waals surface area contributed by atoms with E-state index in [0.717, 1.165) is 12.8 Å². The molecule has 0 saturated carbocycles. The second-order valence-electron chi connectivity index (χ2n) is 6.69. The average Bonchev–Trinajstić information content (AvgIpc) is 2.68. The molecular formula is C18H25ClN8O3. The Balaban J connectivity index is 2.17. The van der Waals surface area contributed by atoms with E-state index in [1.54, 1.807) is 12.2 Å². The van der Waals surface area contributed by atoms with E-state index in [1.807, 2.05) is 6.08 Å². The van der Waals surface area contributed by atoms with Gasteiger partial charge < -0.3 is 27.7 Å². The van der Waals surface area contributed by atoms with Crippen molar-refractivity contribution in [1.82, 2.24) is 15.3 Å². The van der Waals surface area contributed by atoms with Crippen LogP contribution in [0, 0.1) is 0 Å². The third-order valence-electron chi connectivity index (χ3n) is 4.26. The summed E-state index contributed by atoms with van der Waals surface area (Å²) >= 11 is 5.81. The molecule has 162 valence electrons. The molecule has 1 aliphatic rings. The molecule has 0 radical (unpaired) electrons. The molecule has 1 aliphatic carbocycles. The Morgan fingerprint density at radius 1 is 1.30 bits per heavy atom. The third-order valence-corrected chi connectivity index (χ3v) is 4.54. The van der Waals surface area contributed by atoms with Crippen molar-refractivity contribution in [2.45, 2.75) is 38.1 Å². The van der Waals surface area contributed by atoms with Gasteiger partial charge in [-0.1, -0.05) is 37.4 Å². The highest BCUT2D eigenvalue weighted by atomic mass is 35.5. The SMILES string of the molecule is CCCCC1(N=C(N)NC(=O)c2nc(Cl)c(N)nc2N)C=CC(OCC(N)=O)=CC1. The number of primary amides is 1. The number of aromatic nitrogens is 2. The van der Waals surface area contributed by atoms with Gasteiger partial charge in [0, 0.05) is 0 Å². The zero-order chi connectivity index (χ0) is 22.3. The molecule has 1 unspecified atom stereocenters. The first-order valence-corrected chi connectivity index (χ1v) is 9.59. The maximum Gasteiger partial charge on any atom is 0.280 e. The molecule has 12 heteroatoms. The highest BCUT2D eigenvalue weighted by Gasteiger charge is 2.29. The van der Waals surface area contributed by atoms with E-state index < -0.39 is 17.4 Å². The summed E-state index contributed by atoms with van der Waals surface area (Å²) in [4.78, 5) is 35.4. The minimum Gasteiger partial charge on any atom is -0.484 e. The van der Waals surface area contributed by atoms with Crippen LogP contribution < -0.4 is 28.3 Å². The van der Waals surface area contributed by atoms with Crippen molar-refractivity contribution in [2.75, 3.05) is 18.1 Å². The van der Waals surface area contributed by atoms with Crippen LogP contribution in [0.2, 0.25) is 5.15 Å². The molecule has 0 aromatic carbocycles. The van der Waals surface area contributed by atoms with Crippen LogP contribution in [0.4, 0.5) is 11.6 Å². The fraction of sp³-hybridized carbons (Fsp3) is 0.389. The van der Waals surface area contributed by atoms with E-state index in [4.69, 9.17) is 39.3 Å². The summed E-state index contributed by atoms with van der Waals surface area (Å²) in [5, 5.41) is 2.30. The summed E-state index contributed by atoms with van der Waals surface area (Å²) in [5.41, 5.74) is 21.4. The number of hydrogen-bond donors (Lipinski definition) is 5. The minimum atomic E-state index is -0.713. The van der Waals surface area contributed by atoms with E-state index >= 15 is 0 Å². The Morgan fingerprint density at radius 3 is 2.63 bits per heavy atom. The Kier molecular flexibility index (Phi) is 7.59. The first-order valence-electron chi connectivity index (χ1n) is 9.21. The van der Waals surface area contributed by atoms with Crippen molar-refractivity contribution < 1.29 is 14.3 Å². The highest BCUT2D eigenvalue weighted by molar-refractivity contribution is 6.31. The van der Waals surface area contributed by atoms with Crippen molar-refractivity contribution in [3.8, 4) is 0 Å². The number of anilines is 2. The molecule has 1 aromatic rings. The summed E-state index contributed by atoms with van der Waals surface area (Å²) in [6, 6.07) is 0. The number of amides is 2. The average molecular weight is 437 g/mol. The number of rotatable bonds is 8. The lowest BCUT2D eigenvalue weighted by Crippen LogP contribution is -2.41. The van der Waals surface area contributed by atoms with Crippen LogP contribution in [0.5, 0.6) is 0 Å². The first kappa shape index (κ1) is 22.9.